The number of anilines is 1. The lowest BCUT2D eigenvalue weighted by Crippen LogP contribution is -2.38. The number of hydrogen-bond donors (Lipinski definition) is 2. The minimum Gasteiger partial charge on any atom is -0.378 e. The number of nitrogens with one attached hydrogen (secondary N) is 2. The van der Waals surface area contributed by atoms with Crippen LogP contribution in [0, 0.1) is 12.8 Å². The van der Waals surface area contributed by atoms with Gasteiger partial charge in [0, 0.05) is 19.7 Å². The third kappa shape index (κ3) is 3.51. The van der Waals surface area contributed by atoms with Crippen LogP contribution >= 0.6 is 0 Å². The van der Waals surface area contributed by atoms with E-state index in [0.29, 0.717) is 23.1 Å². The van der Waals surface area contributed by atoms with Crippen LogP contribution in [0.2, 0.25) is 0 Å². The maximum atomic E-state index is 11.9. The molecule has 24 heavy (non-hydrogen) atoms. The third-order valence-corrected chi connectivity index (χ3v) is 4.30. The van der Waals surface area contributed by atoms with Gasteiger partial charge in [-0.15, -0.1) is 0 Å². The molecule has 2 N–H and O–H groups in total. The minimum atomic E-state index is -0.532. The van der Waals surface area contributed by atoms with Gasteiger partial charge in [-0.1, -0.05) is 13.8 Å². The number of piperidine rings is 1. The molecule has 2 aromatic heterocycles. The zero-order valence-electron chi connectivity index (χ0n) is 14.4. The molecule has 0 unspecified atom stereocenters. The van der Waals surface area contributed by atoms with Crippen molar-refractivity contribution in [1.29, 1.82) is 0 Å². The Kier molecular flexibility index (Phi) is 4.71. The fourth-order valence-corrected chi connectivity index (χ4v) is 3.06. The summed E-state index contributed by atoms with van der Waals surface area (Å²) in [4.78, 5) is 34.9. The molecule has 130 valence electrons. The minimum absolute atomic E-state index is 0.298. The third-order valence-electron chi connectivity index (χ3n) is 4.30. The van der Waals surface area contributed by atoms with Crippen LogP contribution < -0.4 is 16.1 Å². The Hall–Kier alpha value is -2.15. The van der Waals surface area contributed by atoms with Crippen LogP contribution in [0.5, 0.6) is 0 Å². The highest BCUT2D eigenvalue weighted by Gasteiger charge is 2.22. The standard InChI is InChI=1S/C17H24N4O3/c1-10(2)9-24-12-4-6-21(7-5-12)15-11(3)8-13-14(18-15)19-17(23)20-16(13)22/h8,10,12H,4-7,9H2,1-3H3,(H2,18,19,20,22,23). The van der Waals surface area contributed by atoms with Crippen LogP contribution in [-0.2, 0) is 4.74 Å². The van der Waals surface area contributed by atoms with Crippen LogP contribution in [-0.4, -0.2) is 40.8 Å². The van der Waals surface area contributed by atoms with E-state index < -0.39 is 11.2 Å². The number of aromatic amines is 2. The molecule has 0 atom stereocenters. The van der Waals surface area contributed by atoms with Gasteiger partial charge in [-0.05, 0) is 37.3 Å². The largest absolute Gasteiger partial charge is 0.378 e. The number of hydrogen-bond acceptors (Lipinski definition) is 5. The number of rotatable bonds is 4. The molecule has 0 bridgehead atoms. The maximum absolute atomic E-state index is 11.9. The van der Waals surface area contributed by atoms with Crippen molar-refractivity contribution >= 4 is 16.9 Å². The number of fused-ring (bicyclic) bond motifs is 1. The fourth-order valence-electron chi connectivity index (χ4n) is 3.06. The number of ether oxygens (including phenoxy) is 1. The highest BCUT2D eigenvalue weighted by atomic mass is 16.5. The molecule has 1 fully saturated rings. The molecule has 7 nitrogen and oxygen atoms in total. The SMILES string of the molecule is Cc1cc2c(=O)[nH]c(=O)[nH]c2nc1N1CCC(OCC(C)C)CC1. The summed E-state index contributed by atoms with van der Waals surface area (Å²) in [6.45, 7) is 8.75. The molecule has 0 aromatic carbocycles. The van der Waals surface area contributed by atoms with Gasteiger partial charge < -0.3 is 9.64 Å². The molecular formula is C17H24N4O3. The van der Waals surface area contributed by atoms with E-state index in [1.54, 1.807) is 6.07 Å². The number of aromatic nitrogens is 3. The van der Waals surface area contributed by atoms with Crippen molar-refractivity contribution in [2.24, 2.45) is 5.92 Å². The summed E-state index contributed by atoms with van der Waals surface area (Å²) < 4.78 is 5.92. The summed E-state index contributed by atoms with van der Waals surface area (Å²) in [5, 5.41) is 0.408. The van der Waals surface area contributed by atoms with E-state index in [1.165, 1.54) is 0 Å². The van der Waals surface area contributed by atoms with E-state index in [-0.39, 0.29) is 0 Å². The second kappa shape index (κ2) is 6.76. The molecule has 0 amide bonds. The molecule has 3 heterocycles. The Labute approximate surface area is 140 Å². The quantitative estimate of drug-likeness (QED) is 0.887. The normalized spacial score (nSPS) is 16.2. The number of aryl methyl sites for hydroxylation is 1. The van der Waals surface area contributed by atoms with Gasteiger partial charge in [0.05, 0.1) is 11.5 Å². The molecule has 1 aliphatic heterocycles. The topological polar surface area (TPSA) is 91.1 Å². The van der Waals surface area contributed by atoms with Crippen molar-refractivity contribution in [3.8, 4) is 0 Å². The molecule has 1 aliphatic rings. The Bertz CT molecular complexity index is 832. The van der Waals surface area contributed by atoms with E-state index in [1.807, 2.05) is 6.92 Å². The summed E-state index contributed by atoms with van der Waals surface area (Å²) in [6, 6.07) is 1.79. The van der Waals surface area contributed by atoms with Gasteiger partial charge in [0.25, 0.3) is 5.56 Å². The van der Waals surface area contributed by atoms with Crippen molar-refractivity contribution in [1.82, 2.24) is 15.0 Å². The molecule has 0 aliphatic carbocycles. The van der Waals surface area contributed by atoms with Gasteiger partial charge in [-0.2, -0.15) is 0 Å². The van der Waals surface area contributed by atoms with Crippen molar-refractivity contribution in [2.45, 2.75) is 39.7 Å². The molecule has 3 rings (SSSR count). The average molecular weight is 332 g/mol. The van der Waals surface area contributed by atoms with Gasteiger partial charge in [0.2, 0.25) is 0 Å². The van der Waals surface area contributed by atoms with Crippen LogP contribution in [0.15, 0.2) is 15.7 Å². The van der Waals surface area contributed by atoms with E-state index >= 15 is 0 Å². The molecule has 0 spiro atoms. The molecular weight excluding hydrogens is 308 g/mol. The Balaban J connectivity index is 1.79. The van der Waals surface area contributed by atoms with E-state index in [4.69, 9.17) is 4.74 Å². The van der Waals surface area contributed by atoms with E-state index in [2.05, 4.69) is 33.7 Å². The van der Waals surface area contributed by atoms with Gasteiger partial charge in [0.1, 0.15) is 11.5 Å². The summed E-state index contributed by atoms with van der Waals surface area (Å²) >= 11 is 0. The number of pyridine rings is 1. The van der Waals surface area contributed by atoms with Gasteiger partial charge in [-0.3, -0.25) is 14.8 Å². The van der Waals surface area contributed by atoms with Gasteiger partial charge in [0.15, 0.2) is 0 Å². The molecule has 2 aromatic rings. The summed E-state index contributed by atoms with van der Waals surface area (Å²) in [5.74, 6) is 1.37. The monoisotopic (exact) mass is 332 g/mol. The fraction of sp³-hybridized carbons (Fsp3) is 0.588. The van der Waals surface area contributed by atoms with Crippen LogP contribution in [0.1, 0.15) is 32.3 Å². The molecule has 0 radical (unpaired) electrons. The first-order valence-corrected chi connectivity index (χ1v) is 8.44. The Morgan fingerprint density at radius 3 is 2.67 bits per heavy atom. The van der Waals surface area contributed by atoms with Crippen LogP contribution in [0.3, 0.4) is 0 Å². The predicted molar refractivity (Wildman–Crippen MR) is 93.7 cm³/mol. The summed E-state index contributed by atoms with van der Waals surface area (Å²) in [7, 11) is 0. The van der Waals surface area contributed by atoms with Crippen LogP contribution in [0.4, 0.5) is 5.82 Å². The highest BCUT2D eigenvalue weighted by Crippen LogP contribution is 2.24. The highest BCUT2D eigenvalue weighted by molar-refractivity contribution is 5.77. The maximum Gasteiger partial charge on any atom is 0.327 e. The first-order chi connectivity index (χ1) is 11.4. The zero-order chi connectivity index (χ0) is 17.3. The molecule has 1 saturated heterocycles. The van der Waals surface area contributed by atoms with Crippen molar-refractivity contribution in [2.75, 3.05) is 24.6 Å². The van der Waals surface area contributed by atoms with Crippen LogP contribution in [0.25, 0.3) is 11.0 Å². The molecule has 7 heteroatoms. The lowest BCUT2D eigenvalue weighted by molar-refractivity contribution is 0.0214. The molecule has 0 saturated carbocycles. The summed E-state index contributed by atoms with van der Waals surface area (Å²) in [5.41, 5.74) is 0.330. The number of H-pyrrole nitrogens is 2. The predicted octanol–water partition coefficient (Wildman–Crippen LogP) is 1.56. The Morgan fingerprint density at radius 2 is 2.00 bits per heavy atom. The van der Waals surface area contributed by atoms with Gasteiger partial charge >= 0.3 is 5.69 Å². The van der Waals surface area contributed by atoms with Gasteiger partial charge in [-0.25, -0.2) is 9.78 Å². The first kappa shape index (κ1) is 16.7. The summed E-state index contributed by atoms with van der Waals surface area (Å²) in [6.07, 6.45) is 2.21. The second-order valence-corrected chi connectivity index (χ2v) is 6.85. The second-order valence-electron chi connectivity index (χ2n) is 6.85. The van der Waals surface area contributed by atoms with E-state index in [9.17, 15) is 9.59 Å². The average Bonchev–Trinajstić information content (AvgIpc) is 2.54. The van der Waals surface area contributed by atoms with E-state index in [0.717, 1.165) is 43.9 Å². The first-order valence-electron chi connectivity index (χ1n) is 8.44. The lowest BCUT2D eigenvalue weighted by Gasteiger charge is -2.33. The Morgan fingerprint density at radius 1 is 1.29 bits per heavy atom. The smallest absolute Gasteiger partial charge is 0.327 e. The zero-order valence-corrected chi connectivity index (χ0v) is 14.4. The van der Waals surface area contributed by atoms with Crippen molar-refractivity contribution in [3.63, 3.8) is 0 Å². The number of nitrogens with zero attached hydrogens (tertiary/aromatic N) is 2. The lowest BCUT2D eigenvalue weighted by atomic mass is 10.1. The van der Waals surface area contributed by atoms with Crippen molar-refractivity contribution in [3.05, 3.63) is 32.5 Å². The van der Waals surface area contributed by atoms with Crippen molar-refractivity contribution < 1.29 is 4.74 Å².